The van der Waals surface area contributed by atoms with E-state index in [0.29, 0.717) is 36.1 Å². The highest BCUT2D eigenvalue weighted by atomic mass is 16.5. The molecule has 0 aliphatic carbocycles. The van der Waals surface area contributed by atoms with E-state index in [4.69, 9.17) is 15.2 Å². The molecule has 0 bridgehead atoms. The van der Waals surface area contributed by atoms with Gasteiger partial charge in [-0.2, -0.15) is 0 Å². The van der Waals surface area contributed by atoms with Crippen molar-refractivity contribution in [1.82, 2.24) is 4.90 Å². The van der Waals surface area contributed by atoms with Crippen molar-refractivity contribution in [3.05, 3.63) is 23.8 Å². The Morgan fingerprint density at radius 2 is 2.00 bits per heavy atom. The molecule has 1 rings (SSSR count). The first-order chi connectivity index (χ1) is 9.86. The van der Waals surface area contributed by atoms with Gasteiger partial charge in [-0.25, -0.2) is 4.79 Å². The molecule has 1 unspecified atom stereocenters. The summed E-state index contributed by atoms with van der Waals surface area (Å²) in [6, 6.07) is 5.14. The zero-order chi connectivity index (χ0) is 16.0. The van der Waals surface area contributed by atoms with Crippen molar-refractivity contribution < 1.29 is 14.3 Å². The van der Waals surface area contributed by atoms with Crippen molar-refractivity contribution in [3.63, 3.8) is 0 Å². The van der Waals surface area contributed by atoms with Gasteiger partial charge in [0.1, 0.15) is 17.9 Å². The van der Waals surface area contributed by atoms with Gasteiger partial charge in [-0.3, -0.25) is 0 Å². The number of ether oxygens (including phenoxy) is 2. The van der Waals surface area contributed by atoms with E-state index in [2.05, 4.69) is 18.7 Å². The summed E-state index contributed by atoms with van der Waals surface area (Å²) in [4.78, 5) is 14.3. The van der Waals surface area contributed by atoms with Gasteiger partial charge in [0.15, 0.2) is 0 Å². The van der Waals surface area contributed by atoms with Crippen molar-refractivity contribution in [3.8, 4) is 5.75 Å². The molecule has 21 heavy (non-hydrogen) atoms. The Balaban J connectivity index is 2.80. The molecular weight excluding hydrogens is 268 g/mol. The molecule has 0 saturated heterocycles. The number of benzene rings is 1. The van der Waals surface area contributed by atoms with Crippen molar-refractivity contribution >= 4 is 11.7 Å². The van der Waals surface area contributed by atoms with Crippen LogP contribution in [0.25, 0.3) is 0 Å². The largest absolute Gasteiger partial charge is 0.493 e. The molecule has 1 aromatic carbocycles. The van der Waals surface area contributed by atoms with Crippen LogP contribution >= 0.6 is 0 Å². The first-order valence-corrected chi connectivity index (χ1v) is 7.22. The minimum atomic E-state index is -0.383. The van der Waals surface area contributed by atoms with Crippen LogP contribution in [0.4, 0.5) is 5.69 Å². The van der Waals surface area contributed by atoms with Gasteiger partial charge in [0.2, 0.25) is 0 Å². The lowest BCUT2D eigenvalue weighted by atomic mass is 10.0. The molecule has 0 amide bonds. The average molecular weight is 294 g/mol. The maximum atomic E-state index is 12.2. The summed E-state index contributed by atoms with van der Waals surface area (Å²) < 4.78 is 10.9. The predicted octanol–water partition coefficient (Wildman–Crippen LogP) is 2.41. The molecule has 1 aromatic rings. The van der Waals surface area contributed by atoms with E-state index in [1.165, 1.54) is 0 Å². The van der Waals surface area contributed by atoms with Crippen LogP contribution in [0.2, 0.25) is 0 Å². The number of rotatable bonds is 7. The van der Waals surface area contributed by atoms with Gasteiger partial charge in [-0.1, -0.05) is 13.8 Å². The second-order valence-corrected chi connectivity index (χ2v) is 5.56. The molecule has 1 atom stereocenters. The highest BCUT2D eigenvalue weighted by molar-refractivity contribution is 5.93. The first-order valence-electron chi connectivity index (χ1n) is 7.22. The number of carbonyl (C=O) groups excluding carboxylic acids is 1. The normalized spacial score (nSPS) is 12.5. The summed E-state index contributed by atoms with van der Waals surface area (Å²) in [5.74, 6) is 0.477. The van der Waals surface area contributed by atoms with E-state index in [1.807, 2.05) is 21.0 Å². The van der Waals surface area contributed by atoms with Crippen molar-refractivity contribution in [1.29, 1.82) is 0 Å². The van der Waals surface area contributed by atoms with Crippen LogP contribution in [0.3, 0.4) is 0 Å². The van der Waals surface area contributed by atoms with Gasteiger partial charge >= 0.3 is 5.97 Å². The maximum Gasteiger partial charge on any atom is 0.341 e. The number of nitrogens with zero attached hydrogens (tertiary/aromatic N) is 1. The zero-order valence-electron chi connectivity index (χ0n) is 13.6. The second-order valence-electron chi connectivity index (χ2n) is 5.56. The fourth-order valence-corrected chi connectivity index (χ4v) is 2.16. The SMILES string of the molecule is CCOc1cc(N)ccc1C(=O)OCC(C(C)C)N(C)C. The standard InChI is InChI=1S/C16H26N2O3/c1-6-20-15-9-12(17)7-8-13(15)16(19)21-10-14(11(2)3)18(4)5/h7-9,11,14H,6,10,17H2,1-5H3. The Kier molecular flexibility index (Phi) is 6.49. The average Bonchev–Trinajstić information content (AvgIpc) is 2.38. The topological polar surface area (TPSA) is 64.8 Å². The zero-order valence-corrected chi connectivity index (χ0v) is 13.6. The highest BCUT2D eigenvalue weighted by Gasteiger charge is 2.20. The maximum absolute atomic E-state index is 12.2. The summed E-state index contributed by atoms with van der Waals surface area (Å²) in [6.07, 6.45) is 0. The molecule has 2 N–H and O–H groups in total. The predicted molar refractivity (Wildman–Crippen MR) is 84.6 cm³/mol. The quantitative estimate of drug-likeness (QED) is 0.618. The molecule has 0 spiro atoms. The molecule has 5 nitrogen and oxygen atoms in total. The molecular formula is C16H26N2O3. The lowest BCUT2D eigenvalue weighted by Crippen LogP contribution is -2.37. The lowest BCUT2D eigenvalue weighted by molar-refractivity contribution is 0.0346. The number of likely N-dealkylation sites (N-methyl/N-ethyl adjacent to an activating group) is 1. The summed E-state index contributed by atoms with van der Waals surface area (Å²) in [5.41, 5.74) is 6.69. The van der Waals surface area contributed by atoms with E-state index in [9.17, 15) is 4.79 Å². The van der Waals surface area contributed by atoms with Crippen LogP contribution in [0, 0.1) is 5.92 Å². The van der Waals surface area contributed by atoms with E-state index < -0.39 is 0 Å². The van der Waals surface area contributed by atoms with E-state index in [1.54, 1.807) is 18.2 Å². The van der Waals surface area contributed by atoms with Gasteiger partial charge < -0.3 is 20.1 Å². The van der Waals surface area contributed by atoms with E-state index >= 15 is 0 Å². The van der Waals surface area contributed by atoms with Crippen LogP contribution in [-0.2, 0) is 4.74 Å². The monoisotopic (exact) mass is 294 g/mol. The summed E-state index contributed by atoms with van der Waals surface area (Å²) in [7, 11) is 3.96. The highest BCUT2D eigenvalue weighted by Crippen LogP contribution is 2.23. The summed E-state index contributed by atoms with van der Waals surface area (Å²) in [6.45, 7) is 6.88. The van der Waals surface area contributed by atoms with E-state index in [-0.39, 0.29) is 12.0 Å². The van der Waals surface area contributed by atoms with E-state index in [0.717, 1.165) is 0 Å². The Hall–Kier alpha value is -1.75. The van der Waals surface area contributed by atoms with Crippen molar-refractivity contribution in [2.24, 2.45) is 5.92 Å². The van der Waals surface area contributed by atoms with Crippen molar-refractivity contribution in [2.75, 3.05) is 33.0 Å². The molecule has 5 heteroatoms. The molecule has 0 radical (unpaired) electrons. The Morgan fingerprint density at radius 3 is 2.52 bits per heavy atom. The van der Waals surface area contributed by atoms with Crippen LogP contribution in [0.15, 0.2) is 18.2 Å². The molecule has 0 saturated carbocycles. The number of nitrogens with two attached hydrogens (primary N) is 1. The lowest BCUT2D eigenvalue weighted by Gasteiger charge is -2.27. The Bertz CT molecular complexity index is 465. The fraction of sp³-hybridized carbons (Fsp3) is 0.562. The first kappa shape index (κ1) is 17.3. The van der Waals surface area contributed by atoms with Gasteiger partial charge in [0, 0.05) is 17.8 Å². The third-order valence-corrected chi connectivity index (χ3v) is 3.34. The smallest absolute Gasteiger partial charge is 0.341 e. The number of hydrogen-bond acceptors (Lipinski definition) is 5. The summed E-state index contributed by atoms with van der Waals surface area (Å²) in [5, 5.41) is 0. The molecule has 0 fully saturated rings. The van der Waals surface area contributed by atoms with Crippen LogP contribution < -0.4 is 10.5 Å². The van der Waals surface area contributed by atoms with Gasteiger partial charge in [-0.15, -0.1) is 0 Å². The molecule has 0 aliphatic heterocycles. The molecule has 0 aliphatic rings. The number of nitrogen functional groups attached to an aromatic ring is 1. The molecule has 0 heterocycles. The van der Waals surface area contributed by atoms with Crippen LogP contribution in [0.1, 0.15) is 31.1 Å². The Morgan fingerprint density at radius 1 is 1.33 bits per heavy atom. The Labute approximate surface area is 127 Å². The van der Waals surface area contributed by atoms with Gasteiger partial charge in [0.05, 0.1) is 6.61 Å². The van der Waals surface area contributed by atoms with Crippen molar-refractivity contribution in [2.45, 2.75) is 26.8 Å². The minimum absolute atomic E-state index is 0.179. The van der Waals surface area contributed by atoms with Crippen LogP contribution in [0.5, 0.6) is 5.75 Å². The minimum Gasteiger partial charge on any atom is -0.493 e. The molecule has 0 aromatic heterocycles. The van der Waals surface area contributed by atoms with Gasteiger partial charge in [0.25, 0.3) is 0 Å². The number of hydrogen-bond donors (Lipinski definition) is 1. The third kappa shape index (κ3) is 4.93. The summed E-state index contributed by atoms with van der Waals surface area (Å²) >= 11 is 0. The van der Waals surface area contributed by atoms with Crippen LogP contribution in [-0.4, -0.2) is 44.2 Å². The molecule has 118 valence electrons. The third-order valence-electron chi connectivity index (χ3n) is 3.34. The number of esters is 1. The second kappa shape index (κ2) is 7.88. The van der Waals surface area contributed by atoms with Gasteiger partial charge in [-0.05, 0) is 39.1 Å². The fourth-order valence-electron chi connectivity index (χ4n) is 2.16. The number of carbonyl (C=O) groups is 1. The number of anilines is 1.